The molecular weight excluding hydrogens is 244 g/mol. The van der Waals surface area contributed by atoms with Crippen molar-refractivity contribution in [3.05, 3.63) is 18.2 Å². The smallest absolute Gasteiger partial charge is 0.258 e. The van der Waals surface area contributed by atoms with Gasteiger partial charge >= 0.3 is 0 Å². The Morgan fingerprint density at radius 1 is 1.42 bits per heavy atom. The quantitative estimate of drug-likeness (QED) is 0.740. The van der Waals surface area contributed by atoms with Crippen molar-refractivity contribution in [2.45, 2.75) is 32.7 Å². The van der Waals surface area contributed by atoms with Crippen molar-refractivity contribution in [3.63, 3.8) is 0 Å². The van der Waals surface area contributed by atoms with Gasteiger partial charge in [0.25, 0.3) is 5.91 Å². The van der Waals surface area contributed by atoms with E-state index in [4.69, 9.17) is 15.2 Å². The largest absolute Gasteiger partial charge is 0.493 e. The second kappa shape index (κ2) is 7.51. The fourth-order valence-electron chi connectivity index (χ4n) is 1.77. The zero-order valence-electron chi connectivity index (χ0n) is 11.7. The molecule has 0 heterocycles. The highest BCUT2D eigenvalue weighted by molar-refractivity contribution is 5.77. The molecule has 5 nitrogen and oxygen atoms in total. The summed E-state index contributed by atoms with van der Waals surface area (Å²) in [6.45, 7) is 4.03. The minimum absolute atomic E-state index is 0.0334. The molecule has 0 saturated heterocycles. The van der Waals surface area contributed by atoms with Crippen LogP contribution in [0.3, 0.4) is 0 Å². The van der Waals surface area contributed by atoms with Gasteiger partial charge in [-0.05, 0) is 25.5 Å². The zero-order valence-corrected chi connectivity index (χ0v) is 11.7. The number of carbonyl (C=O) groups is 1. The lowest BCUT2D eigenvalue weighted by Crippen LogP contribution is -2.35. The van der Waals surface area contributed by atoms with Crippen molar-refractivity contribution in [2.75, 3.05) is 19.5 Å². The Morgan fingerprint density at radius 3 is 2.79 bits per heavy atom. The lowest BCUT2D eigenvalue weighted by molar-refractivity contribution is -0.123. The number of nitrogen functional groups attached to an aromatic ring is 1. The first-order valence-electron chi connectivity index (χ1n) is 6.42. The number of nitrogens with two attached hydrogens (primary N) is 1. The van der Waals surface area contributed by atoms with Crippen LogP contribution in [0.5, 0.6) is 11.5 Å². The van der Waals surface area contributed by atoms with Crippen molar-refractivity contribution >= 4 is 11.6 Å². The first kappa shape index (κ1) is 15.1. The topological polar surface area (TPSA) is 73.6 Å². The van der Waals surface area contributed by atoms with E-state index in [0.29, 0.717) is 17.2 Å². The number of carbonyl (C=O) groups excluding carboxylic acids is 1. The highest BCUT2D eigenvalue weighted by Crippen LogP contribution is 2.28. The highest BCUT2D eigenvalue weighted by Gasteiger charge is 2.10. The number of benzene rings is 1. The Kier molecular flexibility index (Phi) is 5.99. The van der Waals surface area contributed by atoms with E-state index >= 15 is 0 Å². The fourth-order valence-corrected chi connectivity index (χ4v) is 1.77. The lowest BCUT2D eigenvalue weighted by Gasteiger charge is -2.14. The Bertz CT molecular complexity index is 421. The first-order valence-corrected chi connectivity index (χ1v) is 6.42. The van der Waals surface area contributed by atoms with Gasteiger partial charge in [-0.2, -0.15) is 0 Å². The van der Waals surface area contributed by atoms with E-state index in [2.05, 4.69) is 12.2 Å². The molecule has 3 N–H and O–H groups in total. The first-order chi connectivity index (χ1) is 9.06. The molecule has 0 aromatic heterocycles. The number of methoxy groups -OCH3 is 1. The van der Waals surface area contributed by atoms with Crippen LogP contribution in [0.25, 0.3) is 0 Å². The van der Waals surface area contributed by atoms with E-state index in [1.54, 1.807) is 18.2 Å². The minimum Gasteiger partial charge on any atom is -0.493 e. The van der Waals surface area contributed by atoms with E-state index in [0.717, 1.165) is 12.8 Å². The molecule has 1 aromatic carbocycles. The van der Waals surface area contributed by atoms with Crippen molar-refractivity contribution in [1.29, 1.82) is 0 Å². The summed E-state index contributed by atoms with van der Waals surface area (Å²) in [5.74, 6) is 0.893. The van der Waals surface area contributed by atoms with Crippen LogP contribution < -0.4 is 20.5 Å². The van der Waals surface area contributed by atoms with E-state index < -0.39 is 0 Å². The summed E-state index contributed by atoms with van der Waals surface area (Å²) in [4.78, 5) is 11.7. The third-order valence-corrected chi connectivity index (χ3v) is 2.68. The molecule has 1 atom stereocenters. The van der Waals surface area contributed by atoms with Crippen molar-refractivity contribution in [3.8, 4) is 11.5 Å². The molecule has 0 aliphatic heterocycles. The highest BCUT2D eigenvalue weighted by atomic mass is 16.5. The monoisotopic (exact) mass is 266 g/mol. The van der Waals surface area contributed by atoms with Crippen LogP contribution in [-0.4, -0.2) is 25.7 Å². The van der Waals surface area contributed by atoms with Crippen molar-refractivity contribution < 1.29 is 14.3 Å². The number of hydrogen-bond donors (Lipinski definition) is 2. The van der Waals surface area contributed by atoms with E-state index in [-0.39, 0.29) is 18.6 Å². The molecule has 0 radical (unpaired) electrons. The minimum atomic E-state index is -0.139. The maximum Gasteiger partial charge on any atom is 0.258 e. The Hall–Kier alpha value is -1.91. The van der Waals surface area contributed by atoms with Crippen molar-refractivity contribution in [2.24, 2.45) is 0 Å². The van der Waals surface area contributed by atoms with E-state index in [9.17, 15) is 4.79 Å². The van der Waals surface area contributed by atoms with Gasteiger partial charge in [-0.1, -0.05) is 13.3 Å². The average molecular weight is 266 g/mol. The van der Waals surface area contributed by atoms with Crippen LogP contribution >= 0.6 is 0 Å². The van der Waals surface area contributed by atoms with Crippen LogP contribution in [0.15, 0.2) is 18.2 Å². The molecule has 0 aliphatic carbocycles. The Labute approximate surface area is 114 Å². The summed E-state index contributed by atoms with van der Waals surface area (Å²) in [5.41, 5.74) is 6.23. The number of hydrogen-bond acceptors (Lipinski definition) is 4. The van der Waals surface area contributed by atoms with E-state index in [1.165, 1.54) is 7.11 Å². The number of ether oxygens (including phenoxy) is 2. The molecule has 0 fully saturated rings. The summed E-state index contributed by atoms with van der Waals surface area (Å²) in [6, 6.07) is 5.22. The second-order valence-corrected chi connectivity index (χ2v) is 4.46. The predicted molar refractivity (Wildman–Crippen MR) is 75.4 cm³/mol. The number of amides is 1. The number of rotatable bonds is 7. The molecule has 1 rings (SSSR count). The van der Waals surface area contributed by atoms with Crippen LogP contribution in [0.2, 0.25) is 0 Å². The van der Waals surface area contributed by atoms with Gasteiger partial charge in [0.15, 0.2) is 18.1 Å². The summed E-state index contributed by atoms with van der Waals surface area (Å²) in [5, 5.41) is 2.87. The van der Waals surface area contributed by atoms with Gasteiger partial charge in [0.05, 0.1) is 7.11 Å². The molecular formula is C14H22N2O3. The van der Waals surface area contributed by atoms with Crippen LogP contribution in [0, 0.1) is 0 Å². The normalized spacial score (nSPS) is 11.7. The Balaban J connectivity index is 2.50. The molecule has 19 heavy (non-hydrogen) atoms. The molecule has 106 valence electrons. The number of anilines is 1. The molecule has 0 bridgehead atoms. The van der Waals surface area contributed by atoms with Gasteiger partial charge in [-0.3, -0.25) is 4.79 Å². The van der Waals surface area contributed by atoms with Gasteiger partial charge in [0, 0.05) is 17.8 Å². The fraction of sp³-hybridized carbons (Fsp3) is 0.500. The standard InChI is InChI=1S/C14H22N2O3/c1-4-5-10(2)16-14(17)9-19-12-7-6-11(15)8-13(12)18-3/h6-8,10H,4-5,9,15H2,1-3H3,(H,16,17). The molecule has 0 aliphatic rings. The average Bonchev–Trinajstić information content (AvgIpc) is 2.37. The SMILES string of the molecule is CCCC(C)NC(=O)COc1ccc(N)cc1OC. The van der Waals surface area contributed by atoms with Gasteiger partial charge in [-0.25, -0.2) is 0 Å². The second-order valence-electron chi connectivity index (χ2n) is 4.46. The van der Waals surface area contributed by atoms with Crippen LogP contribution in [-0.2, 0) is 4.79 Å². The van der Waals surface area contributed by atoms with Gasteiger partial charge in [0.1, 0.15) is 0 Å². The third kappa shape index (κ3) is 5.07. The summed E-state index contributed by atoms with van der Waals surface area (Å²) >= 11 is 0. The molecule has 0 saturated carbocycles. The Morgan fingerprint density at radius 2 is 2.16 bits per heavy atom. The van der Waals surface area contributed by atoms with Crippen molar-refractivity contribution in [1.82, 2.24) is 5.32 Å². The van der Waals surface area contributed by atoms with Crippen LogP contribution in [0.4, 0.5) is 5.69 Å². The molecule has 1 amide bonds. The summed E-state index contributed by atoms with van der Waals surface area (Å²) in [6.07, 6.45) is 1.99. The van der Waals surface area contributed by atoms with Gasteiger partial charge < -0.3 is 20.5 Å². The molecule has 1 aromatic rings. The molecule has 1 unspecified atom stereocenters. The number of nitrogens with one attached hydrogen (secondary N) is 1. The third-order valence-electron chi connectivity index (χ3n) is 2.68. The maximum absolute atomic E-state index is 11.7. The van der Waals surface area contributed by atoms with Crippen LogP contribution in [0.1, 0.15) is 26.7 Å². The summed E-state index contributed by atoms with van der Waals surface area (Å²) in [7, 11) is 1.53. The van der Waals surface area contributed by atoms with E-state index in [1.807, 2.05) is 6.92 Å². The predicted octanol–water partition coefficient (Wildman–Crippen LogP) is 1.96. The summed E-state index contributed by atoms with van der Waals surface area (Å²) < 4.78 is 10.6. The molecule has 5 heteroatoms. The lowest BCUT2D eigenvalue weighted by atomic mass is 10.2. The maximum atomic E-state index is 11.7. The zero-order chi connectivity index (χ0) is 14.3. The molecule has 0 spiro atoms. The van der Waals surface area contributed by atoms with Gasteiger partial charge in [0.2, 0.25) is 0 Å². The van der Waals surface area contributed by atoms with Gasteiger partial charge in [-0.15, -0.1) is 0 Å².